The van der Waals surface area contributed by atoms with Crippen LogP contribution in [0.2, 0.25) is 0 Å². The summed E-state index contributed by atoms with van der Waals surface area (Å²) in [6.07, 6.45) is 1.13. The number of nitrogens with zero attached hydrogens (tertiary/aromatic N) is 2. The summed E-state index contributed by atoms with van der Waals surface area (Å²) < 4.78 is 0. The highest BCUT2D eigenvalue weighted by atomic mass is 16.1. The van der Waals surface area contributed by atoms with Gasteiger partial charge in [-0.15, -0.1) is 0 Å². The average Bonchev–Trinajstić information content (AvgIpc) is 2.33. The molecular formula is C13H23N5O. The van der Waals surface area contributed by atoms with Crippen molar-refractivity contribution in [3.63, 3.8) is 0 Å². The normalized spacial score (nSPS) is 10.6. The van der Waals surface area contributed by atoms with E-state index in [2.05, 4.69) is 20.6 Å². The van der Waals surface area contributed by atoms with Crippen molar-refractivity contribution in [2.24, 2.45) is 0 Å². The van der Waals surface area contributed by atoms with Crippen LogP contribution < -0.4 is 16.4 Å². The highest BCUT2D eigenvalue weighted by molar-refractivity contribution is 5.76. The first kappa shape index (κ1) is 15.2. The monoisotopic (exact) mass is 265 g/mol. The van der Waals surface area contributed by atoms with Crippen LogP contribution in [0.5, 0.6) is 0 Å². The summed E-state index contributed by atoms with van der Waals surface area (Å²) in [5.74, 6) is 1.93. The molecule has 6 heteroatoms. The molecule has 1 heterocycles. The Morgan fingerprint density at radius 1 is 1.37 bits per heavy atom. The van der Waals surface area contributed by atoms with Crippen LogP contribution in [-0.4, -0.2) is 28.5 Å². The van der Waals surface area contributed by atoms with Crippen LogP contribution in [0, 0.1) is 6.92 Å². The second-order valence-electron chi connectivity index (χ2n) is 4.75. The van der Waals surface area contributed by atoms with Crippen molar-refractivity contribution < 1.29 is 4.79 Å². The summed E-state index contributed by atoms with van der Waals surface area (Å²) in [5.41, 5.74) is 6.64. The quantitative estimate of drug-likeness (QED) is 0.720. The minimum absolute atomic E-state index is 0.0258. The summed E-state index contributed by atoms with van der Waals surface area (Å²) in [6.45, 7) is 8.25. The van der Waals surface area contributed by atoms with Gasteiger partial charge in [-0.3, -0.25) is 4.79 Å². The van der Waals surface area contributed by atoms with Crippen molar-refractivity contribution in [1.29, 1.82) is 0 Å². The lowest BCUT2D eigenvalue weighted by Gasteiger charge is -2.12. The number of nitrogen functional groups attached to an aromatic ring is 1. The number of anilines is 2. The first-order valence-corrected chi connectivity index (χ1v) is 6.60. The zero-order valence-corrected chi connectivity index (χ0v) is 12.1. The van der Waals surface area contributed by atoms with E-state index < -0.39 is 0 Å². The lowest BCUT2D eigenvalue weighted by molar-refractivity contribution is -0.121. The van der Waals surface area contributed by atoms with Gasteiger partial charge in [0, 0.05) is 31.0 Å². The molecule has 1 rings (SSSR count). The van der Waals surface area contributed by atoms with E-state index in [4.69, 9.17) is 5.73 Å². The number of carbonyl (C=O) groups is 1. The van der Waals surface area contributed by atoms with Gasteiger partial charge >= 0.3 is 0 Å². The molecule has 106 valence electrons. The summed E-state index contributed by atoms with van der Waals surface area (Å²) in [7, 11) is 0. The summed E-state index contributed by atoms with van der Waals surface area (Å²) in [5, 5.41) is 5.98. The van der Waals surface area contributed by atoms with Gasteiger partial charge in [-0.05, 0) is 20.8 Å². The molecule has 0 aliphatic heterocycles. The van der Waals surface area contributed by atoms with E-state index in [1.54, 1.807) is 0 Å². The molecule has 1 amide bonds. The van der Waals surface area contributed by atoms with Crippen LogP contribution in [0.1, 0.15) is 38.6 Å². The molecule has 0 atom stereocenters. The third-order valence-electron chi connectivity index (χ3n) is 2.64. The Kier molecular flexibility index (Phi) is 5.54. The second kappa shape index (κ2) is 6.92. The Morgan fingerprint density at radius 3 is 2.63 bits per heavy atom. The molecule has 0 aliphatic carbocycles. The smallest absolute Gasteiger partial charge is 0.221 e. The van der Waals surface area contributed by atoms with E-state index in [1.807, 2.05) is 27.7 Å². The zero-order chi connectivity index (χ0) is 14.4. The Morgan fingerprint density at radius 2 is 2.05 bits per heavy atom. The molecule has 0 saturated carbocycles. The van der Waals surface area contributed by atoms with E-state index in [-0.39, 0.29) is 11.9 Å². The minimum Gasteiger partial charge on any atom is -0.383 e. The molecule has 4 N–H and O–H groups in total. The second-order valence-corrected chi connectivity index (χ2v) is 4.75. The van der Waals surface area contributed by atoms with Crippen molar-refractivity contribution in [3.8, 4) is 0 Å². The highest BCUT2D eigenvalue weighted by Crippen LogP contribution is 2.17. The number of nitrogens with two attached hydrogens (primary N) is 1. The van der Waals surface area contributed by atoms with Gasteiger partial charge in [-0.2, -0.15) is 0 Å². The third kappa shape index (κ3) is 4.73. The molecule has 0 fully saturated rings. The lowest BCUT2D eigenvalue weighted by Crippen LogP contribution is -2.31. The Balaban J connectivity index is 2.58. The Bertz CT molecular complexity index is 445. The van der Waals surface area contributed by atoms with Gasteiger partial charge in [0.25, 0.3) is 0 Å². The van der Waals surface area contributed by atoms with E-state index in [0.717, 1.165) is 12.0 Å². The van der Waals surface area contributed by atoms with Crippen molar-refractivity contribution >= 4 is 17.5 Å². The maximum atomic E-state index is 11.5. The standard InChI is InChI=1S/C13H23N5O/c1-5-10-17-12(14)9(4)13(18-10)15-7-6-11(19)16-8(2)3/h8H,5-7H2,1-4H3,(H,16,19)(H3,14,15,17,18). The number of nitrogens with one attached hydrogen (secondary N) is 2. The Labute approximate surface area is 114 Å². The zero-order valence-electron chi connectivity index (χ0n) is 12.1. The predicted molar refractivity (Wildman–Crippen MR) is 76.9 cm³/mol. The van der Waals surface area contributed by atoms with Crippen LogP contribution in [-0.2, 0) is 11.2 Å². The molecule has 0 unspecified atom stereocenters. The van der Waals surface area contributed by atoms with Crippen LogP contribution in [0.4, 0.5) is 11.6 Å². The fourth-order valence-electron chi connectivity index (χ4n) is 1.60. The Hall–Kier alpha value is -1.85. The summed E-state index contributed by atoms with van der Waals surface area (Å²) in [4.78, 5) is 20.1. The number of rotatable bonds is 6. The van der Waals surface area contributed by atoms with Crippen LogP contribution in [0.25, 0.3) is 0 Å². The summed E-state index contributed by atoms with van der Waals surface area (Å²) >= 11 is 0. The number of hydrogen-bond donors (Lipinski definition) is 3. The molecule has 0 saturated heterocycles. The third-order valence-corrected chi connectivity index (χ3v) is 2.64. The van der Waals surface area contributed by atoms with Gasteiger partial charge in [-0.25, -0.2) is 9.97 Å². The van der Waals surface area contributed by atoms with Gasteiger partial charge < -0.3 is 16.4 Å². The molecule has 6 nitrogen and oxygen atoms in total. The number of carbonyl (C=O) groups excluding carboxylic acids is 1. The van der Waals surface area contributed by atoms with E-state index in [9.17, 15) is 4.79 Å². The number of aromatic nitrogens is 2. The van der Waals surface area contributed by atoms with Crippen LogP contribution >= 0.6 is 0 Å². The first-order chi connectivity index (χ1) is 8.93. The maximum absolute atomic E-state index is 11.5. The topological polar surface area (TPSA) is 92.9 Å². The molecular weight excluding hydrogens is 242 g/mol. The van der Waals surface area contributed by atoms with Gasteiger partial charge in [0.2, 0.25) is 5.91 Å². The molecule has 19 heavy (non-hydrogen) atoms. The van der Waals surface area contributed by atoms with Crippen LogP contribution in [0.15, 0.2) is 0 Å². The molecule has 1 aromatic heterocycles. The first-order valence-electron chi connectivity index (χ1n) is 6.60. The van der Waals surface area contributed by atoms with Crippen molar-refractivity contribution in [3.05, 3.63) is 11.4 Å². The highest BCUT2D eigenvalue weighted by Gasteiger charge is 2.08. The SMILES string of the molecule is CCc1nc(N)c(C)c(NCCC(=O)NC(C)C)n1. The van der Waals surface area contributed by atoms with Crippen molar-refractivity contribution in [2.75, 3.05) is 17.6 Å². The van der Waals surface area contributed by atoms with E-state index >= 15 is 0 Å². The molecule has 0 radical (unpaired) electrons. The summed E-state index contributed by atoms with van der Waals surface area (Å²) in [6, 6.07) is 0.163. The molecule has 0 bridgehead atoms. The number of hydrogen-bond acceptors (Lipinski definition) is 5. The molecule has 0 aromatic carbocycles. The van der Waals surface area contributed by atoms with Crippen LogP contribution in [0.3, 0.4) is 0 Å². The van der Waals surface area contributed by atoms with Gasteiger partial charge in [0.15, 0.2) is 0 Å². The average molecular weight is 265 g/mol. The fourth-order valence-corrected chi connectivity index (χ4v) is 1.60. The van der Waals surface area contributed by atoms with Gasteiger partial charge in [-0.1, -0.05) is 6.92 Å². The minimum atomic E-state index is 0.0258. The van der Waals surface area contributed by atoms with E-state index in [0.29, 0.717) is 30.4 Å². The molecule has 0 spiro atoms. The number of aryl methyl sites for hydroxylation is 1. The molecule has 1 aromatic rings. The largest absolute Gasteiger partial charge is 0.383 e. The predicted octanol–water partition coefficient (Wildman–Crippen LogP) is 1.26. The van der Waals surface area contributed by atoms with Crippen molar-refractivity contribution in [2.45, 2.75) is 46.6 Å². The van der Waals surface area contributed by atoms with Gasteiger partial charge in [0.1, 0.15) is 17.5 Å². The van der Waals surface area contributed by atoms with E-state index in [1.165, 1.54) is 0 Å². The molecule has 0 aliphatic rings. The van der Waals surface area contributed by atoms with Gasteiger partial charge in [0.05, 0.1) is 0 Å². The maximum Gasteiger partial charge on any atom is 0.221 e. The number of amides is 1. The lowest BCUT2D eigenvalue weighted by atomic mass is 10.3. The van der Waals surface area contributed by atoms with Crippen molar-refractivity contribution in [1.82, 2.24) is 15.3 Å². The fraction of sp³-hybridized carbons (Fsp3) is 0.615.